The number of halogens is 1. The third-order valence-corrected chi connectivity index (χ3v) is 8.81. The first-order chi connectivity index (χ1) is 19.5. The molecular weight excluding hydrogens is 532 g/mol. The fourth-order valence-electron chi connectivity index (χ4n) is 6.91. The van der Waals surface area contributed by atoms with Gasteiger partial charge in [0.2, 0.25) is 17.7 Å². The van der Waals surface area contributed by atoms with Crippen LogP contribution in [0, 0.1) is 11.8 Å². The van der Waals surface area contributed by atoms with Crippen molar-refractivity contribution in [1.82, 2.24) is 10.3 Å². The molecule has 8 rings (SSSR count). The van der Waals surface area contributed by atoms with Gasteiger partial charge in [-0.15, -0.1) is 0 Å². The van der Waals surface area contributed by atoms with Crippen LogP contribution in [0.5, 0.6) is 11.5 Å². The summed E-state index contributed by atoms with van der Waals surface area (Å²) in [5, 5.41) is 7.88. The largest absolute Gasteiger partial charge is 0.486 e. The molecule has 4 atom stereocenters. The third-order valence-electron chi connectivity index (χ3n) is 8.58. The van der Waals surface area contributed by atoms with Crippen molar-refractivity contribution in [2.75, 3.05) is 23.4 Å². The van der Waals surface area contributed by atoms with Gasteiger partial charge in [-0.05, 0) is 48.4 Å². The molecule has 10 heteroatoms. The zero-order valence-corrected chi connectivity index (χ0v) is 21.8. The number of aromatic amines is 1. The van der Waals surface area contributed by atoms with Gasteiger partial charge in [-0.2, -0.15) is 0 Å². The zero-order chi connectivity index (χ0) is 27.2. The minimum absolute atomic E-state index is 0.357. The Morgan fingerprint density at radius 2 is 1.77 bits per heavy atom. The van der Waals surface area contributed by atoms with Crippen molar-refractivity contribution in [3.05, 3.63) is 83.0 Å². The molecule has 0 unspecified atom stereocenters. The molecule has 3 amide bonds. The van der Waals surface area contributed by atoms with Gasteiger partial charge in [0, 0.05) is 45.5 Å². The minimum atomic E-state index is -1.45. The predicted molar refractivity (Wildman–Crippen MR) is 148 cm³/mol. The molecule has 5 heterocycles. The first-order valence-electron chi connectivity index (χ1n) is 13.2. The molecule has 0 radical (unpaired) electrons. The number of amides is 3. The number of nitrogens with one attached hydrogen (secondary N) is 3. The highest BCUT2D eigenvalue weighted by molar-refractivity contribution is 6.31. The van der Waals surface area contributed by atoms with E-state index in [-0.39, 0.29) is 11.8 Å². The fraction of sp³-hybridized carbons (Fsp3) is 0.233. The van der Waals surface area contributed by atoms with Gasteiger partial charge in [0.1, 0.15) is 18.8 Å². The summed E-state index contributed by atoms with van der Waals surface area (Å²) >= 11 is 6.39. The number of ether oxygens (including phenoxy) is 2. The zero-order valence-electron chi connectivity index (χ0n) is 21.1. The molecule has 2 saturated heterocycles. The van der Waals surface area contributed by atoms with Crippen LogP contribution in [-0.4, -0.2) is 42.0 Å². The first kappa shape index (κ1) is 23.5. The summed E-state index contributed by atoms with van der Waals surface area (Å²) in [5.41, 5.74) is 2.06. The summed E-state index contributed by atoms with van der Waals surface area (Å²) in [6, 6.07) is 17.6. The fourth-order valence-corrected chi connectivity index (χ4v) is 7.08. The molecule has 3 aromatic carbocycles. The number of hydrogen-bond acceptors (Lipinski definition) is 6. The van der Waals surface area contributed by atoms with Crippen LogP contribution in [0.1, 0.15) is 11.1 Å². The van der Waals surface area contributed by atoms with E-state index in [1.807, 2.05) is 30.5 Å². The second-order valence-corrected chi connectivity index (χ2v) is 11.0. The third kappa shape index (κ3) is 3.10. The van der Waals surface area contributed by atoms with Gasteiger partial charge >= 0.3 is 0 Å². The van der Waals surface area contributed by atoms with E-state index >= 15 is 0 Å². The molecular formula is C30H23ClN4O5. The maximum atomic E-state index is 14.3. The molecule has 2 fully saturated rings. The lowest BCUT2D eigenvalue weighted by Gasteiger charge is -2.30. The van der Waals surface area contributed by atoms with Gasteiger partial charge < -0.3 is 19.8 Å². The number of imide groups is 1. The van der Waals surface area contributed by atoms with Crippen molar-refractivity contribution in [2.45, 2.75) is 18.0 Å². The molecule has 1 aromatic heterocycles. The molecule has 200 valence electrons. The van der Waals surface area contributed by atoms with E-state index in [1.54, 1.807) is 36.4 Å². The monoisotopic (exact) mass is 554 g/mol. The standard InChI is InChI=1S/C30H23ClN4O5/c31-16-5-7-21-19(12-16)30(29(38)33-21)26-25(22(34-30)11-15-14-32-20-4-2-1-3-18(15)20)27(36)35(28(26)37)17-6-8-23-24(13-17)40-10-9-39-23/h1-8,12-14,22,25-26,32,34H,9-11H2,(H,33,38)/t22-,25-,26+,30-/m1/s1. The Morgan fingerprint density at radius 1 is 0.950 bits per heavy atom. The number of H-pyrrole nitrogens is 1. The van der Waals surface area contributed by atoms with Crippen molar-refractivity contribution >= 4 is 51.6 Å². The molecule has 4 aromatic rings. The van der Waals surface area contributed by atoms with E-state index in [0.717, 1.165) is 16.5 Å². The maximum Gasteiger partial charge on any atom is 0.250 e. The Kier molecular flexibility index (Phi) is 4.90. The van der Waals surface area contributed by atoms with Crippen molar-refractivity contribution < 1.29 is 23.9 Å². The van der Waals surface area contributed by atoms with Gasteiger partial charge in [0.05, 0.1) is 17.5 Å². The number of carbonyl (C=O) groups is 3. The maximum absolute atomic E-state index is 14.3. The van der Waals surface area contributed by atoms with E-state index in [1.165, 1.54) is 4.90 Å². The van der Waals surface area contributed by atoms with Gasteiger partial charge in [-0.25, -0.2) is 4.90 Å². The van der Waals surface area contributed by atoms with E-state index < -0.39 is 29.3 Å². The first-order valence-corrected chi connectivity index (χ1v) is 13.5. The van der Waals surface area contributed by atoms with Crippen LogP contribution in [0.4, 0.5) is 11.4 Å². The Hall–Kier alpha value is -4.34. The van der Waals surface area contributed by atoms with Crippen LogP contribution in [0.3, 0.4) is 0 Å². The summed E-state index contributed by atoms with van der Waals surface area (Å²) in [6.45, 7) is 0.805. The number of anilines is 2. The number of carbonyl (C=O) groups excluding carboxylic acids is 3. The average Bonchev–Trinajstić information content (AvgIpc) is 3.67. The van der Waals surface area contributed by atoms with Crippen LogP contribution in [0.15, 0.2) is 66.9 Å². The highest BCUT2D eigenvalue weighted by atomic mass is 35.5. The lowest BCUT2D eigenvalue weighted by Crippen LogP contribution is -2.53. The van der Waals surface area contributed by atoms with E-state index in [2.05, 4.69) is 15.6 Å². The normalized spacial score (nSPS) is 26.5. The molecule has 9 nitrogen and oxygen atoms in total. The highest BCUT2D eigenvalue weighted by Crippen LogP contribution is 2.54. The van der Waals surface area contributed by atoms with Gasteiger partial charge in [0.25, 0.3) is 0 Å². The topological polar surface area (TPSA) is 113 Å². The Labute approximate surface area is 233 Å². The number of aromatic nitrogens is 1. The Bertz CT molecular complexity index is 1770. The summed E-state index contributed by atoms with van der Waals surface area (Å²) in [7, 11) is 0. The van der Waals surface area contributed by atoms with E-state index in [0.29, 0.717) is 53.1 Å². The number of benzene rings is 3. The number of hydrogen-bond donors (Lipinski definition) is 3. The lowest BCUT2D eigenvalue weighted by atomic mass is 9.76. The quantitative estimate of drug-likeness (QED) is 0.332. The number of para-hydroxylation sites is 1. The molecule has 0 aliphatic carbocycles. The van der Waals surface area contributed by atoms with Crippen LogP contribution >= 0.6 is 11.6 Å². The van der Waals surface area contributed by atoms with Crippen molar-refractivity contribution in [3.63, 3.8) is 0 Å². The molecule has 3 N–H and O–H groups in total. The summed E-state index contributed by atoms with van der Waals surface area (Å²) in [6.07, 6.45) is 2.36. The lowest BCUT2D eigenvalue weighted by molar-refractivity contribution is -0.130. The molecule has 4 aliphatic rings. The SMILES string of the molecule is O=C1[C@H]2[C@@H](C(=O)N1c1ccc3c(c1)OCCO3)[C@@]1(N[C@@H]2Cc2c[nH]c3ccccc23)C(=O)Nc2ccc(Cl)cc21. The van der Waals surface area contributed by atoms with Crippen molar-refractivity contribution in [1.29, 1.82) is 0 Å². The molecule has 0 saturated carbocycles. The van der Waals surface area contributed by atoms with Crippen molar-refractivity contribution in [2.24, 2.45) is 11.8 Å². The molecule has 40 heavy (non-hydrogen) atoms. The van der Waals surface area contributed by atoms with E-state index in [9.17, 15) is 14.4 Å². The number of nitrogens with zero attached hydrogens (tertiary/aromatic N) is 1. The Morgan fingerprint density at radius 3 is 2.65 bits per heavy atom. The Balaban J connectivity index is 1.27. The average molecular weight is 555 g/mol. The molecule has 0 bridgehead atoms. The summed E-state index contributed by atoms with van der Waals surface area (Å²) < 4.78 is 11.4. The van der Waals surface area contributed by atoms with Crippen LogP contribution < -0.4 is 25.0 Å². The van der Waals surface area contributed by atoms with Gasteiger partial charge in [0.15, 0.2) is 11.5 Å². The van der Waals surface area contributed by atoms with Crippen LogP contribution in [0.25, 0.3) is 10.9 Å². The second kappa shape index (κ2) is 8.33. The van der Waals surface area contributed by atoms with E-state index in [4.69, 9.17) is 21.1 Å². The second-order valence-electron chi connectivity index (χ2n) is 10.6. The number of fused-ring (bicyclic) bond motifs is 6. The molecule has 1 spiro atoms. The van der Waals surface area contributed by atoms with Gasteiger partial charge in [-0.3, -0.25) is 19.7 Å². The van der Waals surface area contributed by atoms with Crippen LogP contribution in [0.2, 0.25) is 5.02 Å². The van der Waals surface area contributed by atoms with Gasteiger partial charge in [-0.1, -0.05) is 29.8 Å². The smallest absolute Gasteiger partial charge is 0.250 e. The predicted octanol–water partition coefficient (Wildman–Crippen LogP) is 3.76. The summed E-state index contributed by atoms with van der Waals surface area (Å²) in [5.74, 6) is -1.89. The summed E-state index contributed by atoms with van der Waals surface area (Å²) in [4.78, 5) is 46.8. The molecule has 4 aliphatic heterocycles. The van der Waals surface area contributed by atoms with Crippen LogP contribution in [-0.2, 0) is 26.3 Å². The van der Waals surface area contributed by atoms with Crippen molar-refractivity contribution in [3.8, 4) is 11.5 Å². The number of rotatable bonds is 3. The highest BCUT2D eigenvalue weighted by Gasteiger charge is 2.70. The minimum Gasteiger partial charge on any atom is -0.486 e.